The molecule has 0 heterocycles. The summed E-state index contributed by atoms with van der Waals surface area (Å²) in [6.45, 7) is 2.92. The van der Waals surface area contributed by atoms with Gasteiger partial charge >= 0.3 is 0 Å². The lowest BCUT2D eigenvalue weighted by Crippen LogP contribution is -2.32. The van der Waals surface area contributed by atoms with Crippen LogP contribution in [0.5, 0.6) is 0 Å². The second-order valence-corrected chi connectivity index (χ2v) is 4.29. The molecule has 3 N–H and O–H groups in total. The fraction of sp³-hybridized carbons (Fsp3) is 0.267. The van der Waals surface area contributed by atoms with Gasteiger partial charge in [-0.15, -0.1) is 0 Å². The van der Waals surface area contributed by atoms with Crippen LogP contribution in [0.4, 0.5) is 0 Å². The number of amidine groups is 1. The van der Waals surface area contributed by atoms with E-state index in [1.807, 2.05) is 0 Å². The molecule has 0 unspecified atom stereocenters. The van der Waals surface area contributed by atoms with Crippen molar-refractivity contribution in [1.82, 2.24) is 5.43 Å². The number of nitrogens with zero attached hydrogens (tertiary/aromatic N) is 1. The number of fused-ring (bicyclic) bond motifs is 1. The maximum Gasteiger partial charge on any atom is 0.115 e. The molecular formula is C15H19N3. The van der Waals surface area contributed by atoms with E-state index >= 15 is 0 Å². The zero-order valence-electron chi connectivity index (χ0n) is 10.7. The number of hydrogen-bond acceptors (Lipinski definition) is 2. The summed E-state index contributed by atoms with van der Waals surface area (Å²) in [6.07, 6.45) is 1.78. The molecule has 0 aliphatic carbocycles. The van der Waals surface area contributed by atoms with Crippen molar-refractivity contribution in [2.24, 2.45) is 10.8 Å². The highest BCUT2D eigenvalue weighted by Gasteiger charge is 2.03. The summed E-state index contributed by atoms with van der Waals surface area (Å²) in [6, 6.07) is 14.7. The third-order valence-electron chi connectivity index (χ3n) is 2.93. The molecule has 0 aliphatic rings. The standard InChI is InChI=1S/C15H19N3/c1-2-10-17-15(18-16)11-13-8-5-7-12-6-3-4-9-14(12)13/h3-9H,2,10-11,16H2,1H3,(H,17,18). The minimum Gasteiger partial charge on any atom is -0.312 e. The molecule has 3 nitrogen and oxygen atoms in total. The molecule has 0 aliphatic heterocycles. The summed E-state index contributed by atoms with van der Waals surface area (Å²) in [7, 11) is 0. The van der Waals surface area contributed by atoms with E-state index in [4.69, 9.17) is 5.84 Å². The highest BCUT2D eigenvalue weighted by atomic mass is 15.2. The first-order valence-electron chi connectivity index (χ1n) is 6.31. The molecule has 0 saturated heterocycles. The van der Waals surface area contributed by atoms with E-state index in [9.17, 15) is 0 Å². The molecule has 0 saturated carbocycles. The van der Waals surface area contributed by atoms with Gasteiger partial charge in [-0.1, -0.05) is 49.4 Å². The van der Waals surface area contributed by atoms with E-state index in [2.05, 4.69) is 59.8 Å². The summed E-state index contributed by atoms with van der Waals surface area (Å²) in [5.41, 5.74) is 3.95. The summed E-state index contributed by atoms with van der Waals surface area (Å²) in [4.78, 5) is 4.44. The van der Waals surface area contributed by atoms with Gasteiger partial charge in [-0.2, -0.15) is 0 Å². The van der Waals surface area contributed by atoms with Gasteiger partial charge in [0, 0.05) is 13.0 Å². The minimum absolute atomic E-state index is 0.748. The van der Waals surface area contributed by atoms with E-state index in [1.54, 1.807) is 0 Å². The van der Waals surface area contributed by atoms with Crippen LogP contribution in [0.2, 0.25) is 0 Å². The second-order valence-electron chi connectivity index (χ2n) is 4.29. The molecular weight excluding hydrogens is 222 g/mol. The molecule has 2 aromatic rings. The van der Waals surface area contributed by atoms with Gasteiger partial charge in [-0.25, -0.2) is 5.84 Å². The molecule has 94 valence electrons. The van der Waals surface area contributed by atoms with Gasteiger partial charge in [-0.05, 0) is 22.8 Å². The third kappa shape index (κ3) is 2.87. The normalized spacial score (nSPS) is 11.8. The predicted octanol–water partition coefficient (Wildman–Crippen LogP) is 2.65. The lowest BCUT2D eigenvalue weighted by Gasteiger charge is -2.09. The van der Waals surface area contributed by atoms with E-state index in [1.165, 1.54) is 16.3 Å². The Kier molecular flexibility index (Phi) is 4.31. The molecule has 0 atom stereocenters. The Hall–Kier alpha value is -1.87. The maximum absolute atomic E-state index is 5.52. The molecule has 18 heavy (non-hydrogen) atoms. The van der Waals surface area contributed by atoms with Gasteiger partial charge in [0.1, 0.15) is 5.84 Å². The largest absolute Gasteiger partial charge is 0.312 e. The molecule has 2 rings (SSSR count). The van der Waals surface area contributed by atoms with Crippen molar-refractivity contribution in [3.8, 4) is 0 Å². The molecule has 0 bridgehead atoms. The van der Waals surface area contributed by atoms with Crippen LogP contribution in [0.25, 0.3) is 10.8 Å². The van der Waals surface area contributed by atoms with Crippen molar-refractivity contribution in [3.63, 3.8) is 0 Å². The van der Waals surface area contributed by atoms with Gasteiger partial charge < -0.3 is 5.43 Å². The number of aliphatic imine (C=N–C) groups is 1. The summed E-state index contributed by atoms with van der Waals surface area (Å²) in [5, 5.41) is 2.52. The number of hydrogen-bond donors (Lipinski definition) is 2. The number of rotatable bonds is 4. The van der Waals surface area contributed by atoms with Crippen LogP contribution < -0.4 is 11.3 Å². The van der Waals surface area contributed by atoms with Crippen LogP contribution in [0.1, 0.15) is 18.9 Å². The van der Waals surface area contributed by atoms with E-state index in [0.29, 0.717) is 0 Å². The number of nitrogens with one attached hydrogen (secondary N) is 1. The molecule has 0 amide bonds. The first kappa shape index (κ1) is 12.6. The first-order valence-corrected chi connectivity index (χ1v) is 6.31. The molecule has 2 aromatic carbocycles. The first-order chi connectivity index (χ1) is 8.85. The van der Waals surface area contributed by atoms with Crippen LogP contribution in [0.15, 0.2) is 47.5 Å². The average molecular weight is 241 g/mol. The van der Waals surface area contributed by atoms with E-state index in [0.717, 1.165) is 25.2 Å². The molecule has 0 radical (unpaired) electrons. The quantitative estimate of drug-likeness (QED) is 0.374. The fourth-order valence-corrected chi connectivity index (χ4v) is 2.03. The van der Waals surface area contributed by atoms with Gasteiger partial charge in [-0.3, -0.25) is 4.99 Å². The highest BCUT2D eigenvalue weighted by molar-refractivity contribution is 5.91. The molecule has 0 fully saturated rings. The lowest BCUT2D eigenvalue weighted by molar-refractivity contribution is 0.894. The van der Waals surface area contributed by atoms with Crippen LogP contribution in [-0.4, -0.2) is 12.4 Å². The SMILES string of the molecule is CCCN=C(Cc1cccc2ccccc12)NN. The van der Waals surface area contributed by atoms with Crippen molar-refractivity contribution < 1.29 is 0 Å². The van der Waals surface area contributed by atoms with Crippen LogP contribution in [0.3, 0.4) is 0 Å². The summed E-state index contributed by atoms with van der Waals surface area (Å²) in [5.74, 6) is 6.37. The van der Waals surface area contributed by atoms with Crippen molar-refractivity contribution in [1.29, 1.82) is 0 Å². The van der Waals surface area contributed by atoms with Crippen LogP contribution in [0, 0.1) is 0 Å². The fourth-order valence-electron chi connectivity index (χ4n) is 2.03. The minimum atomic E-state index is 0.748. The zero-order valence-corrected chi connectivity index (χ0v) is 10.7. The van der Waals surface area contributed by atoms with Gasteiger partial charge in [0.15, 0.2) is 0 Å². The molecule has 3 heteroatoms. The third-order valence-corrected chi connectivity index (χ3v) is 2.93. The predicted molar refractivity (Wildman–Crippen MR) is 77.6 cm³/mol. The Labute approximate surface area is 108 Å². The Morgan fingerprint density at radius 3 is 2.72 bits per heavy atom. The van der Waals surface area contributed by atoms with Gasteiger partial charge in [0.25, 0.3) is 0 Å². The van der Waals surface area contributed by atoms with Crippen molar-refractivity contribution in [3.05, 3.63) is 48.0 Å². The van der Waals surface area contributed by atoms with Gasteiger partial charge in [0.2, 0.25) is 0 Å². The van der Waals surface area contributed by atoms with E-state index < -0.39 is 0 Å². The zero-order chi connectivity index (χ0) is 12.8. The van der Waals surface area contributed by atoms with Gasteiger partial charge in [0.05, 0.1) is 0 Å². The Morgan fingerprint density at radius 1 is 1.17 bits per heavy atom. The number of nitrogens with two attached hydrogens (primary N) is 1. The lowest BCUT2D eigenvalue weighted by atomic mass is 10.0. The van der Waals surface area contributed by atoms with Crippen molar-refractivity contribution in [2.45, 2.75) is 19.8 Å². The topological polar surface area (TPSA) is 50.4 Å². The average Bonchev–Trinajstić information content (AvgIpc) is 2.43. The Bertz CT molecular complexity index is 541. The highest BCUT2D eigenvalue weighted by Crippen LogP contribution is 2.18. The van der Waals surface area contributed by atoms with Crippen LogP contribution in [-0.2, 0) is 6.42 Å². The monoisotopic (exact) mass is 241 g/mol. The number of hydrazine groups is 1. The van der Waals surface area contributed by atoms with Crippen LogP contribution >= 0.6 is 0 Å². The Balaban J connectivity index is 2.31. The Morgan fingerprint density at radius 2 is 1.94 bits per heavy atom. The summed E-state index contributed by atoms with van der Waals surface area (Å²) < 4.78 is 0. The van der Waals surface area contributed by atoms with Crippen molar-refractivity contribution in [2.75, 3.05) is 6.54 Å². The van der Waals surface area contributed by atoms with E-state index in [-0.39, 0.29) is 0 Å². The second kappa shape index (κ2) is 6.17. The number of benzene rings is 2. The smallest absolute Gasteiger partial charge is 0.115 e. The molecule has 0 spiro atoms. The van der Waals surface area contributed by atoms with Crippen molar-refractivity contribution >= 4 is 16.6 Å². The molecule has 0 aromatic heterocycles. The maximum atomic E-state index is 5.52. The summed E-state index contributed by atoms with van der Waals surface area (Å²) >= 11 is 0.